The van der Waals surface area contributed by atoms with Crippen LogP contribution in [0.5, 0.6) is 0 Å². The molecule has 50 valence electrons. The molecule has 0 fully saturated rings. The zero-order valence-electron chi connectivity index (χ0n) is 5.68. The summed E-state index contributed by atoms with van der Waals surface area (Å²) in [5.74, 6) is 0. The summed E-state index contributed by atoms with van der Waals surface area (Å²) in [5, 5.41) is 1.16. The molecule has 0 unspecified atom stereocenters. The summed E-state index contributed by atoms with van der Waals surface area (Å²) in [4.78, 5) is 5.55. The van der Waals surface area contributed by atoms with Crippen molar-refractivity contribution < 1.29 is 0 Å². The second kappa shape index (κ2) is 3.06. The second-order valence-corrected chi connectivity index (χ2v) is 3.52. The van der Waals surface area contributed by atoms with Crippen LogP contribution >= 0.6 is 11.8 Å². The Hall–Kier alpha value is -0.240. The van der Waals surface area contributed by atoms with Crippen LogP contribution in [0.1, 0.15) is 19.8 Å². The largest absolute Gasteiger partial charge is 0.283 e. The fourth-order valence-corrected chi connectivity index (χ4v) is 1.62. The molecule has 0 N–H and O–H groups in total. The van der Waals surface area contributed by atoms with Gasteiger partial charge in [-0.2, -0.15) is 0 Å². The maximum atomic E-state index is 4.29. The SMILES string of the molecule is C=C1CCCN=C(C)S1. The van der Waals surface area contributed by atoms with E-state index in [0.717, 1.165) is 18.0 Å². The molecule has 0 aromatic heterocycles. The average Bonchev–Trinajstić information content (AvgIpc) is 1.93. The quantitative estimate of drug-likeness (QED) is 0.504. The summed E-state index contributed by atoms with van der Waals surface area (Å²) in [7, 11) is 0. The van der Waals surface area contributed by atoms with Crippen LogP contribution in [0.2, 0.25) is 0 Å². The zero-order chi connectivity index (χ0) is 6.69. The lowest BCUT2D eigenvalue weighted by Crippen LogP contribution is -1.80. The second-order valence-electron chi connectivity index (χ2n) is 2.15. The Morgan fingerprint density at radius 2 is 2.44 bits per heavy atom. The van der Waals surface area contributed by atoms with Gasteiger partial charge in [0, 0.05) is 6.54 Å². The van der Waals surface area contributed by atoms with Crippen LogP contribution in [-0.4, -0.2) is 11.6 Å². The monoisotopic (exact) mass is 141 g/mol. The molecule has 0 aromatic rings. The Balaban J connectivity index is 2.54. The van der Waals surface area contributed by atoms with Crippen LogP contribution in [0.15, 0.2) is 16.5 Å². The van der Waals surface area contributed by atoms with Gasteiger partial charge in [0.25, 0.3) is 0 Å². The molecule has 1 rings (SSSR count). The molecule has 0 amide bonds. The van der Waals surface area contributed by atoms with Gasteiger partial charge in [0.15, 0.2) is 0 Å². The fraction of sp³-hybridized carbons (Fsp3) is 0.571. The molecule has 0 aliphatic carbocycles. The van der Waals surface area contributed by atoms with E-state index in [1.54, 1.807) is 11.8 Å². The topological polar surface area (TPSA) is 12.4 Å². The van der Waals surface area contributed by atoms with Crippen LogP contribution < -0.4 is 0 Å². The van der Waals surface area contributed by atoms with Crippen molar-refractivity contribution in [3.8, 4) is 0 Å². The third-order valence-electron chi connectivity index (χ3n) is 1.24. The van der Waals surface area contributed by atoms with E-state index in [0.29, 0.717) is 0 Å². The zero-order valence-corrected chi connectivity index (χ0v) is 6.50. The van der Waals surface area contributed by atoms with Crippen LogP contribution in [0, 0.1) is 0 Å². The molecule has 1 nitrogen and oxygen atoms in total. The molecule has 0 aromatic carbocycles. The smallest absolute Gasteiger partial charge is 0.0689 e. The summed E-state index contributed by atoms with van der Waals surface area (Å²) in [6.07, 6.45) is 2.30. The molecule has 9 heavy (non-hydrogen) atoms. The average molecular weight is 141 g/mol. The van der Waals surface area contributed by atoms with Gasteiger partial charge in [0.2, 0.25) is 0 Å². The number of allylic oxidation sites excluding steroid dienone is 1. The fourth-order valence-electron chi connectivity index (χ4n) is 0.805. The highest BCUT2D eigenvalue weighted by molar-refractivity contribution is 8.17. The van der Waals surface area contributed by atoms with Crippen LogP contribution in [0.3, 0.4) is 0 Å². The van der Waals surface area contributed by atoms with Gasteiger partial charge in [0.05, 0.1) is 5.04 Å². The van der Waals surface area contributed by atoms with Crippen molar-refractivity contribution >= 4 is 16.8 Å². The molecule has 0 radical (unpaired) electrons. The number of aliphatic imine (C=N–C) groups is 1. The summed E-state index contributed by atoms with van der Waals surface area (Å²) >= 11 is 1.72. The van der Waals surface area contributed by atoms with Gasteiger partial charge in [-0.3, -0.25) is 4.99 Å². The predicted molar refractivity (Wildman–Crippen MR) is 43.9 cm³/mol. The molecule has 0 saturated heterocycles. The predicted octanol–water partition coefficient (Wildman–Crippen LogP) is 2.45. The van der Waals surface area contributed by atoms with Gasteiger partial charge >= 0.3 is 0 Å². The molecule has 1 heterocycles. The summed E-state index contributed by atoms with van der Waals surface area (Å²) < 4.78 is 0. The first-order chi connectivity index (χ1) is 4.29. The van der Waals surface area contributed by atoms with Gasteiger partial charge in [-0.05, 0) is 24.7 Å². The van der Waals surface area contributed by atoms with Crippen molar-refractivity contribution in [2.24, 2.45) is 4.99 Å². The summed E-state index contributed by atoms with van der Waals surface area (Å²) in [6.45, 7) is 6.93. The van der Waals surface area contributed by atoms with E-state index < -0.39 is 0 Å². The summed E-state index contributed by atoms with van der Waals surface area (Å²) in [6, 6.07) is 0. The van der Waals surface area contributed by atoms with Crippen LogP contribution in [-0.2, 0) is 0 Å². The van der Waals surface area contributed by atoms with E-state index in [1.165, 1.54) is 11.3 Å². The molecule has 0 atom stereocenters. The van der Waals surface area contributed by atoms with Crippen LogP contribution in [0.25, 0.3) is 0 Å². The Bertz CT molecular complexity index is 149. The minimum atomic E-state index is 0.984. The number of hydrogen-bond acceptors (Lipinski definition) is 2. The van der Waals surface area contributed by atoms with Crippen molar-refractivity contribution in [2.75, 3.05) is 6.54 Å². The lowest BCUT2D eigenvalue weighted by molar-refractivity contribution is 0.857. The third-order valence-corrected chi connectivity index (χ3v) is 2.16. The van der Waals surface area contributed by atoms with Gasteiger partial charge in [-0.1, -0.05) is 18.3 Å². The molecule has 0 bridgehead atoms. The maximum absolute atomic E-state index is 4.29. The summed E-state index contributed by atoms with van der Waals surface area (Å²) in [5.41, 5.74) is 0. The first kappa shape index (κ1) is 6.87. The van der Waals surface area contributed by atoms with Gasteiger partial charge < -0.3 is 0 Å². The minimum absolute atomic E-state index is 0.984. The highest BCUT2D eigenvalue weighted by Gasteiger charge is 2.01. The van der Waals surface area contributed by atoms with Gasteiger partial charge in [-0.25, -0.2) is 0 Å². The maximum Gasteiger partial charge on any atom is 0.0689 e. The highest BCUT2D eigenvalue weighted by atomic mass is 32.2. The van der Waals surface area contributed by atoms with Crippen molar-refractivity contribution in [1.82, 2.24) is 0 Å². The van der Waals surface area contributed by atoms with Crippen molar-refractivity contribution in [2.45, 2.75) is 19.8 Å². The molecule has 1 aliphatic rings. The Kier molecular flexibility index (Phi) is 2.34. The van der Waals surface area contributed by atoms with E-state index >= 15 is 0 Å². The Morgan fingerprint density at radius 3 is 3.22 bits per heavy atom. The Morgan fingerprint density at radius 1 is 1.67 bits per heavy atom. The van der Waals surface area contributed by atoms with Crippen molar-refractivity contribution in [3.63, 3.8) is 0 Å². The van der Waals surface area contributed by atoms with Crippen molar-refractivity contribution in [3.05, 3.63) is 11.5 Å². The third kappa shape index (κ3) is 2.22. The first-order valence-electron chi connectivity index (χ1n) is 3.16. The minimum Gasteiger partial charge on any atom is -0.283 e. The van der Waals surface area contributed by atoms with E-state index in [9.17, 15) is 0 Å². The lowest BCUT2D eigenvalue weighted by Gasteiger charge is -1.95. The number of rotatable bonds is 0. The molecule has 2 heteroatoms. The van der Waals surface area contributed by atoms with Gasteiger partial charge in [0.1, 0.15) is 0 Å². The van der Waals surface area contributed by atoms with E-state index in [4.69, 9.17) is 0 Å². The number of thioether (sulfide) groups is 1. The van der Waals surface area contributed by atoms with Gasteiger partial charge in [-0.15, -0.1) is 0 Å². The van der Waals surface area contributed by atoms with Crippen molar-refractivity contribution in [1.29, 1.82) is 0 Å². The van der Waals surface area contributed by atoms with E-state index in [2.05, 4.69) is 11.6 Å². The number of hydrogen-bond donors (Lipinski definition) is 0. The molecule has 0 spiro atoms. The highest BCUT2D eigenvalue weighted by Crippen LogP contribution is 2.23. The standard InChI is InChI=1S/C7H11NS/c1-6-4-3-5-8-7(2)9-6/h1,3-5H2,2H3. The lowest BCUT2D eigenvalue weighted by atomic mass is 10.3. The molecule has 0 saturated carbocycles. The first-order valence-corrected chi connectivity index (χ1v) is 3.97. The van der Waals surface area contributed by atoms with E-state index in [1.807, 2.05) is 6.92 Å². The normalized spacial score (nSPS) is 21.0. The molecular weight excluding hydrogens is 130 g/mol. The number of nitrogens with zero attached hydrogens (tertiary/aromatic N) is 1. The van der Waals surface area contributed by atoms with E-state index in [-0.39, 0.29) is 0 Å². The van der Waals surface area contributed by atoms with Crippen LogP contribution in [0.4, 0.5) is 0 Å². The molecular formula is C7H11NS. The molecule has 1 aliphatic heterocycles. The Labute approximate surface area is 60.3 Å².